The van der Waals surface area contributed by atoms with Crippen molar-refractivity contribution in [3.63, 3.8) is 0 Å². The van der Waals surface area contributed by atoms with Crippen molar-refractivity contribution in [2.24, 2.45) is 0 Å². The molecule has 6 rings (SSSR count). The molecule has 6 aromatic rings. The van der Waals surface area contributed by atoms with Crippen LogP contribution in [0.2, 0.25) is 0 Å². The van der Waals surface area contributed by atoms with Crippen LogP contribution in [-0.4, -0.2) is 28.3 Å². The van der Waals surface area contributed by atoms with Crippen LogP contribution in [0.3, 0.4) is 0 Å². The summed E-state index contributed by atoms with van der Waals surface area (Å²) in [7, 11) is 0. The number of ketones is 1. The highest BCUT2D eigenvalue weighted by Crippen LogP contribution is 2.31. The number of carbonyl (C=O) groups excluding carboxylic acids is 2. The zero-order valence-electron chi connectivity index (χ0n) is 21.5. The Hall–Kier alpha value is -5.42. The highest BCUT2D eigenvalue weighted by molar-refractivity contribution is 6.00. The number of hydrogen-bond donors (Lipinski definition) is 0. The summed E-state index contributed by atoms with van der Waals surface area (Å²) in [4.78, 5) is 35.4. The van der Waals surface area contributed by atoms with Crippen molar-refractivity contribution in [2.75, 3.05) is 6.61 Å². The van der Waals surface area contributed by atoms with Gasteiger partial charge in [0.05, 0.1) is 28.0 Å². The minimum Gasteiger partial charge on any atom is -0.454 e. The molecule has 0 aliphatic heterocycles. The van der Waals surface area contributed by atoms with E-state index in [0.717, 1.165) is 33.6 Å². The largest absolute Gasteiger partial charge is 0.454 e. The zero-order valence-corrected chi connectivity index (χ0v) is 21.5. The van der Waals surface area contributed by atoms with Gasteiger partial charge in [0.1, 0.15) is 0 Å². The van der Waals surface area contributed by atoms with E-state index in [1.54, 1.807) is 30.3 Å². The van der Waals surface area contributed by atoms with E-state index in [1.165, 1.54) is 0 Å². The number of benzene rings is 5. The van der Waals surface area contributed by atoms with Crippen LogP contribution in [0.5, 0.6) is 0 Å². The van der Waals surface area contributed by atoms with Gasteiger partial charge in [0.15, 0.2) is 12.4 Å². The van der Waals surface area contributed by atoms with Crippen molar-refractivity contribution in [1.82, 2.24) is 9.97 Å². The first-order chi connectivity index (χ1) is 19.7. The smallest absolute Gasteiger partial charge is 0.338 e. The molecule has 0 atom stereocenters. The van der Waals surface area contributed by atoms with E-state index in [2.05, 4.69) is 0 Å². The number of rotatable bonds is 7. The molecule has 0 aliphatic rings. The molecule has 40 heavy (non-hydrogen) atoms. The Kier molecular flexibility index (Phi) is 6.93. The molecule has 5 aromatic carbocycles. The molecule has 0 saturated heterocycles. The molecule has 5 nitrogen and oxygen atoms in total. The number of aromatic nitrogens is 2. The minimum atomic E-state index is -0.591. The maximum Gasteiger partial charge on any atom is 0.338 e. The van der Waals surface area contributed by atoms with Crippen molar-refractivity contribution in [1.29, 1.82) is 0 Å². The molecular weight excluding hydrogens is 496 g/mol. The first-order valence-electron chi connectivity index (χ1n) is 12.9. The Morgan fingerprint density at radius 3 is 1.55 bits per heavy atom. The lowest BCUT2D eigenvalue weighted by atomic mass is 10.0. The summed E-state index contributed by atoms with van der Waals surface area (Å²) in [5.74, 6) is -0.862. The van der Waals surface area contributed by atoms with Crippen LogP contribution in [0.4, 0.5) is 0 Å². The fourth-order valence-corrected chi connectivity index (χ4v) is 4.55. The number of Topliss-reactive ketones (excluding diaryl/α,β-unsaturated/α-hetero) is 1. The fourth-order valence-electron chi connectivity index (χ4n) is 4.55. The molecular formula is C35H24N2O3. The molecule has 0 aliphatic carbocycles. The van der Waals surface area contributed by atoms with Gasteiger partial charge in [0.2, 0.25) is 0 Å². The summed E-state index contributed by atoms with van der Waals surface area (Å²) in [6.07, 6.45) is 0. The molecule has 0 N–H and O–H groups in total. The van der Waals surface area contributed by atoms with E-state index in [-0.39, 0.29) is 12.4 Å². The van der Waals surface area contributed by atoms with Crippen LogP contribution in [0.25, 0.3) is 44.7 Å². The van der Waals surface area contributed by atoms with Gasteiger partial charge in [-0.05, 0) is 29.3 Å². The molecule has 0 fully saturated rings. The molecule has 0 spiro atoms. The highest BCUT2D eigenvalue weighted by atomic mass is 16.5. The number of fused-ring (bicyclic) bond motifs is 1. The van der Waals surface area contributed by atoms with Gasteiger partial charge in [0.25, 0.3) is 0 Å². The third kappa shape index (κ3) is 5.26. The van der Waals surface area contributed by atoms with Crippen molar-refractivity contribution < 1.29 is 14.3 Å². The number of esters is 1. The molecule has 0 radical (unpaired) electrons. The predicted molar refractivity (Wildman–Crippen MR) is 157 cm³/mol. The average molecular weight is 521 g/mol. The molecule has 5 heteroatoms. The third-order valence-electron chi connectivity index (χ3n) is 6.64. The molecule has 192 valence electrons. The standard InChI is InChI=1S/C35H24N2O3/c38-32(26-18-16-25(17-19-26)24-10-4-1-5-11-24)23-40-35(39)29-20-21-30-31(22-29)37-34(28-14-8-3-9-15-28)33(36-30)27-12-6-2-7-13-27/h1-22H,23H2. The molecule has 0 saturated carbocycles. The normalized spacial score (nSPS) is 10.8. The van der Waals surface area contributed by atoms with Gasteiger partial charge in [-0.1, -0.05) is 115 Å². The van der Waals surface area contributed by atoms with Crippen molar-refractivity contribution in [2.45, 2.75) is 0 Å². The lowest BCUT2D eigenvalue weighted by Crippen LogP contribution is -2.14. The molecule has 0 bridgehead atoms. The quantitative estimate of drug-likeness (QED) is 0.160. The maximum atomic E-state index is 12.9. The lowest BCUT2D eigenvalue weighted by Gasteiger charge is -2.11. The Morgan fingerprint density at radius 1 is 0.500 bits per heavy atom. The van der Waals surface area contributed by atoms with Gasteiger partial charge in [-0.2, -0.15) is 0 Å². The van der Waals surface area contributed by atoms with Crippen molar-refractivity contribution in [3.05, 3.63) is 145 Å². The van der Waals surface area contributed by atoms with E-state index in [1.807, 2.05) is 103 Å². The average Bonchev–Trinajstić information content (AvgIpc) is 3.04. The van der Waals surface area contributed by atoms with Gasteiger partial charge >= 0.3 is 5.97 Å². The van der Waals surface area contributed by atoms with Gasteiger partial charge in [0, 0.05) is 16.7 Å². The van der Waals surface area contributed by atoms with Gasteiger partial charge in [-0.3, -0.25) is 4.79 Å². The first kappa shape index (κ1) is 24.9. The van der Waals surface area contributed by atoms with Gasteiger partial charge < -0.3 is 4.74 Å². The molecule has 1 heterocycles. The second-order valence-corrected chi connectivity index (χ2v) is 9.30. The van der Waals surface area contributed by atoms with E-state index < -0.39 is 5.97 Å². The van der Waals surface area contributed by atoms with E-state index in [0.29, 0.717) is 22.2 Å². The fraction of sp³-hybridized carbons (Fsp3) is 0.0286. The predicted octanol–water partition coefficient (Wildman–Crippen LogP) is 7.67. The second kappa shape index (κ2) is 11.1. The van der Waals surface area contributed by atoms with Crippen molar-refractivity contribution in [3.8, 4) is 33.6 Å². The van der Waals surface area contributed by atoms with Gasteiger partial charge in [-0.25, -0.2) is 14.8 Å². The molecule has 1 aromatic heterocycles. The SMILES string of the molecule is O=C(COC(=O)c1ccc2nc(-c3ccccc3)c(-c3ccccc3)nc2c1)c1ccc(-c2ccccc2)cc1. The van der Waals surface area contributed by atoms with Crippen molar-refractivity contribution >= 4 is 22.8 Å². The van der Waals surface area contributed by atoms with E-state index in [9.17, 15) is 9.59 Å². The summed E-state index contributed by atoms with van der Waals surface area (Å²) in [6.45, 7) is -0.352. The zero-order chi connectivity index (χ0) is 27.3. The summed E-state index contributed by atoms with van der Waals surface area (Å²) >= 11 is 0. The maximum absolute atomic E-state index is 12.9. The summed E-state index contributed by atoms with van der Waals surface area (Å²) in [6, 6.07) is 42.0. The van der Waals surface area contributed by atoms with E-state index >= 15 is 0 Å². The van der Waals surface area contributed by atoms with Crippen LogP contribution in [0.1, 0.15) is 20.7 Å². The number of ether oxygens (including phenoxy) is 1. The first-order valence-corrected chi connectivity index (χ1v) is 12.9. The van der Waals surface area contributed by atoms with Crippen LogP contribution in [-0.2, 0) is 4.74 Å². The summed E-state index contributed by atoms with van der Waals surface area (Å²) in [5, 5.41) is 0. The van der Waals surface area contributed by atoms with Crippen LogP contribution < -0.4 is 0 Å². The number of hydrogen-bond acceptors (Lipinski definition) is 5. The second-order valence-electron chi connectivity index (χ2n) is 9.30. The van der Waals surface area contributed by atoms with Crippen LogP contribution in [0, 0.1) is 0 Å². The monoisotopic (exact) mass is 520 g/mol. The minimum absolute atomic E-state index is 0.271. The Balaban J connectivity index is 1.22. The topological polar surface area (TPSA) is 69.2 Å². The Labute approximate surface area is 231 Å². The summed E-state index contributed by atoms with van der Waals surface area (Å²) in [5.41, 5.74) is 7.45. The van der Waals surface area contributed by atoms with Crippen LogP contribution >= 0.6 is 0 Å². The third-order valence-corrected chi connectivity index (χ3v) is 6.64. The van der Waals surface area contributed by atoms with Crippen LogP contribution in [0.15, 0.2) is 133 Å². The number of carbonyl (C=O) groups is 2. The molecule has 0 unspecified atom stereocenters. The Bertz CT molecular complexity index is 1800. The Morgan fingerprint density at radius 2 is 0.975 bits per heavy atom. The lowest BCUT2D eigenvalue weighted by molar-refractivity contribution is 0.0475. The van der Waals surface area contributed by atoms with Gasteiger partial charge in [-0.15, -0.1) is 0 Å². The number of nitrogens with zero attached hydrogens (tertiary/aromatic N) is 2. The summed E-state index contributed by atoms with van der Waals surface area (Å²) < 4.78 is 5.38. The molecule has 0 amide bonds. The highest BCUT2D eigenvalue weighted by Gasteiger charge is 2.16. The van der Waals surface area contributed by atoms with E-state index in [4.69, 9.17) is 14.7 Å².